The van der Waals surface area contributed by atoms with Crippen molar-refractivity contribution in [1.82, 2.24) is 10.0 Å². The molecule has 0 unspecified atom stereocenters. The van der Waals surface area contributed by atoms with Crippen LogP contribution in [0.15, 0.2) is 23.1 Å². The number of sulfonamides is 1. The molecule has 1 aromatic rings. The van der Waals surface area contributed by atoms with Crippen molar-refractivity contribution in [2.24, 2.45) is 0 Å². The van der Waals surface area contributed by atoms with Crippen LogP contribution >= 0.6 is 0 Å². The summed E-state index contributed by atoms with van der Waals surface area (Å²) in [5.74, 6) is 0. The van der Waals surface area contributed by atoms with E-state index in [0.29, 0.717) is 11.4 Å². The Labute approximate surface area is 103 Å². The minimum Gasteiger partial charge on any atom is -0.320 e. The summed E-state index contributed by atoms with van der Waals surface area (Å²) in [5, 5.41) is 2.98. The van der Waals surface area contributed by atoms with E-state index in [4.69, 9.17) is 0 Å². The van der Waals surface area contributed by atoms with Gasteiger partial charge in [-0.25, -0.2) is 13.1 Å². The summed E-state index contributed by atoms with van der Waals surface area (Å²) in [7, 11) is -1.51. The van der Waals surface area contributed by atoms with Crippen LogP contribution in [0.4, 0.5) is 0 Å². The summed E-state index contributed by atoms with van der Waals surface area (Å²) in [4.78, 5) is 0.338. The smallest absolute Gasteiger partial charge is 0.240 e. The predicted molar refractivity (Wildman–Crippen MR) is 69.6 cm³/mol. The van der Waals surface area contributed by atoms with E-state index in [1.807, 2.05) is 27.0 Å². The van der Waals surface area contributed by atoms with Crippen LogP contribution < -0.4 is 10.0 Å². The van der Waals surface area contributed by atoms with Gasteiger partial charge in [0.15, 0.2) is 0 Å². The zero-order valence-electron chi connectivity index (χ0n) is 10.6. The van der Waals surface area contributed by atoms with Crippen molar-refractivity contribution in [2.45, 2.75) is 25.2 Å². The molecule has 0 aliphatic carbocycles. The third kappa shape index (κ3) is 4.11. The fourth-order valence-corrected chi connectivity index (χ4v) is 2.59. The van der Waals surface area contributed by atoms with Crippen LogP contribution in [-0.2, 0) is 10.0 Å². The highest BCUT2D eigenvalue weighted by Crippen LogP contribution is 2.14. The molecule has 0 bridgehead atoms. The van der Waals surface area contributed by atoms with Crippen LogP contribution in [-0.4, -0.2) is 28.6 Å². The van der Waals surface area contributed by atoms with Crippen molar-refractivity contribution in [2.75, 3.05) is 20.1 Å². The first kappa shape index (κ1) is 14.2. The van der Waals surface area contributed by atoms with Crippen LogP contribution in [0.1, 0.15) is 17.5 Å². The van der Waals surface area contributed by atoms with Crippen molar-refractivity contribution in [3.05, 3.63) is 29.3 Å². The van der Waals surface area contributed by atoms with Gasteiger partial charge in [-0.2, -0.15) is 0 Å². The predicted octanol–water partition coefficient (Wildman–Crippen LogP) is 1.19. The Kier molecular flexibility index (Phi) is 5.11. The van der Waals surface area contributed by atoms with Crippen molar-refractivity contribution >= 4 is 10.0 Å². The van der Waals surface area contributed by atoms with Gasteiger partial charge in [0.1, 0.15) is 0 Å². The summed E-state index contributed by atoms with van der Waals surface area (Å²) in [5.41, 5.74) is 2.09. The third-order valence-electron chi connectivity index (χ3n) is 2.68. The summed E-state index contributed by atoms with van der Waals surface area (Å²) >= 11 is 0. The van der Waals surface area contributed by atoms with Gasteiger partial charge in [0.25, 0.3) is 0 Å². The van der Waals surface area contributed by atoms with Crippen molar-refractivity contribution in [3.63, 3.8) is 0 Å². The number of nitrogens with one attached hydrogen (secondary N) is 2. The van der Waals surface area contributed by atoms with Crippen molar-refractivity contribution in [1.29, 1.82) is 0 Å². The van der Waals surface area contributed by atoms with E-state index in [9.17, 15) is 8.42 Å². The molecule has 1 aromatic carbocycles. The Bertz CT molecular complexity index is 469. The summed E-state index contributed by atoms with van der Waals surface area (Å²) in [6, 6.07) is 5.18. The standard InChI is InChI=1S/C12H20N2O2S/c1-10-5-6-12(9-11(10)2)17(15,16)14-8-4-7-13-3/h5-6,9,13-14H,4,7-8H2,1-3H3. The maximum atomic E-state index is 11.9. The number of benzene rings is 1. The quantitative estimate of drug-likeness (QED) is 0.752. The fraction of sp³-hybridized carbons (Fsp3) is 0.500. The van der Waals surface area contributed by atoms with Gasteiger partial charge in [0.05, 0.1) is 4.90 Å². The molecule has 0 heterocycles. The number of aryl methyl sites for hydroxylation is 2. The van der Waals surface area contributed by atoms with Gasteiger partial charge in [-0.3, -0.25) is 0 Å². The molecule has 0 spiro atoms. The molecule has 0 saturated heterocycles. The lowest BCUT2D eigenvalue weighted by molar-refractivity contribution is 0.577. The molecule has 5 heteroatoms. The first-order valence-electron chi connectivity index (χ1n) is 5.69. The van der Waals surface area contributed by atoms with E-state index in [1.165, 1.54) is 0 Å². The van der Waals surface area contributed by atoms with Gasteiger partial charge >= 0.3 is 0 Å². The maximum absolute atomic E-state index is 11.9. The first-order valence-corrected chi connectivity index (χ1v) is 7.17. The van der Waals surface area contributed by atoms with Crippen LogP contribution in [0.25, 0.3) is 0 Å². The molecule has 0 aliphatic heterocycles. The largest absolute Gasteiger partial charge is 0.320 e. The highest BCUT2D eigenvalue weighted by molar-refractivity contribution is 7.89. The van der Waals surface area contributed by atoms with Crippen LogP contribution in [0.5, 0.6) is 0 Å². The second-order valence-electron chi connectivity index (χ2n) is 4.10. The molecule has 17 heavy (non-hydrogen) atoms. The Morgan fingerprint density at radius 1 is 1.12 bits per heavy atom. The van der Waals surface area contributed by atoms with E-state index in [0.717, 1.165) is 24.1 Å². The molecule has 96 valence electrons. The minimum atomic E-state index is -3.36. The average molecular weight is 256 g/mol. The zero-order valence-corrected chi connectivity index (χ0v) is 11.4. The van der Waals surface area contributed by atoms with Crippen LogP contribution in [0.2, 0.25) is 0 Å². The van der Waals surface area contributed by atoms with E-state index >= 15 is 0 Å². The second-order valence-corrected chi connectivity index (χ2v) is 5.87. The monoisotopic (exact) mass is 256 g/mol. The van der Waals surface area contributed by atoms with Gasteiger partial charge in [-0.15, -0.1) is 0 Å². The Hall–Kier alpha value is -0.910. The van der Waals surface area contributed by atoms with Crippen molar-refractivity contribution in [3.8, 4) is 0 Å². The van der Waals surface area contributed by atoms with E-state index in [1.54, 1.807) is 12.1 Å². The van der Waals surface area contributed by atoms with Gasteiger partial charge in [0.2, 0.25) is 10.0 Å². The number of hydrogen-bond acceptors (Lipinski definition) is 3. The molecule has 1 rings (SSSR count). The zero-order chi connectivity index (χ0) is 12.9. The normalized spacial score (nSPS) is 11.7. The molecule has 0 fully saturated rings. The second kappa shape index (κ2) is 6.14. The molecule has 0 radical (unpaired) electrons. The van der Waals surface area contributed by atoms with Crippen molar-refractivity contribution < 1.29 is 8.42 Å². The highest BCUT2D eigenvalue weighted by atomic mass is 32.2. The minimum absolute atomic E-state index is 0.338. The summed E-state index contributed by atoms with van der Waals surface area (Å²) in [6.07, 6.45) is 0.778. The average Bonchev–Trinajstić information content (AvgIpc) is 2.28. The molecule has 2 N–H and O–H groups in total. The molecule has 0 aromatic heterocycles. The maximum Gasteiger partial charge on any atom is 0.240 e. The van der Waals surface area contributed by atoms with E-state index < -0.39 is 10.0 Å². The molecule has 0 saturated carbocycles. The molecule has 0 atom stereocenters. The SMILES string of the molecule is CNCCCNS(=O)(=O)c1ccc(C)c(C)c1. The van der Waals surface area contributed by atoms with Gasteiger partial charge in [-0.1, -0.05) is 6.07 Å². The van der Waals surface area contributed by atoms with Crippen LogP contribution in [0, 0.1) is 13.8 Å². The molecule has 0 amide bonds. The molecular weight excluding hydrogens is 236 g/mol. The fourth-order valence-electron chi connectivity index (χ4n) is 1.44. The third-order valence-corrected chi connectivity index (χ3v) is 4.14. The molecule has 4 nitrogen and oxygen atoms in total. The van der Waals surface area contributed by atoms with Gasteiger partial charge in [-0.05, 0) is 57.1 Å². The van der Waals surface area contributed by atoms with Crippen LogP contribution in [0.3, 0.4) is 0 Å². The Balaban J connectivity index is 2.72. The number of rotatable bonds is 6. The molecule has 0 aliphatic rings. The molecular formula is C12H20N2O2S. The highest BCUT2D eigenvalue weighted by Gasteiger charge is 2.13. The lowest BCUT2D eigenvalue weighted by Crippen LogP contribution is -2.26. The number of hydrogen-bond donors (Lipinski definition) is 2. The van der Waals surface area contributed by atoms with Gasteiger partial charge in [0, 0.05) is 6.54 Å². The lowest BCUT2D eigenvalue weighted by atomic mass is 10.1. The summed E-state index contributed by atoms with van der Waals surface area (Å²) in [6.45, 7) is 5.13. The Morgan fingerprint density at radius 3 is 2.41 bits per heavy atom. The topological polar surface area (TPSA) is 58.2 Å². The van der Waals surface area contributed by atoms with E-state index in [-0.39, 0.29) is 0 Å². The Morgan fingerprint density at radius 2 is 1.82 bits per heavy atom. The van der Waals surface area contributed by atoms with Gasteiger partial charge < -0.3 is 5.32 Å². The summed E-state index contributed by atoms with van der Waals surface area (Å²) < 4.78 is 26.4. The van der Waals surface area contributed by atoms with E-state index in [2.05, 4.69) is 10.0 Å². The first-order chi connectivity index (χ1) is 7.97. The lowest BCUT2D eigenvalue weighted by Gasteiger charge is -2.08.